The van der Waals surface area contributed by atoms with Crippen LogP contribution in [0.1, 0.15) is 0 Å². The summed E-state index contributed by atoms with van der Waals surface area (Å²) in [5.74, 6) is -3.82. The molecule has 0 bridgehead atoms. The summed E-state index contributed by atoms with van der Waals surface area (Å²) in [5.41, 5.74) is 9.14. The van der Waals surface area contributed by atoms with E-state index in [-0.39, 0.29) is 0 Å². The summed E-state index contributed by atoms with van der Waals surface area (Å²) in [6.45, 7) is -1.98. The van der Waals surface area contributed by atoms with Gasteiger partial charge in [-0.15, -0.1) is 0 Å². The molecule has 0 fully saturated rings. The van der Waals surface area contributed by atoms with Crippen LogP contribution in [0.5, 0.6) is 0 Å². The van der Waals surface area contributed by atoms with Crippen LogP contribution in [0.2, 0.25) is 0 Å². The van der Waals surface area contributed by atoms with Crippen molar-refractivity contribution >= 4 is 0 Å². The minimum atomic E-state index is -3.82. The van der Waals surface area contributed by atoms with E-state index >= 15 is 0 Å². The maximum atomic E-state index is 12.3. The molecule has 2 unspecified atom stereocenters. The topological polar surface area (TPSA) is 52.0 Å². The lowest BCUT2D eigenvalue weighted by atomic mass is 10.1. The van der Waals surface area contributed by atoms with Crippen LogP contribution in [0.15, 0.2) is 0 Å². The second-order valence-corrected chi connectivity index (χ2v) is 2.12. The third-order valence-corrected chi connectivity index (χ3v) is 1.22. The molecule has 0 saturated carbocycles. The molecule has 6 heteroatoms. The molecule has 0 amide bonds. The summed E-state index contributed by atoms with van der Waals surface area (Å²) in [5, 5.41) is 0. The van der Waals surface area contributed by atoms with Crippen molar-refractivity contribution in [3.8, 4) is 0 Å². The highest BCUT2D eigenvalue weighted by molar-refractivity contribution is 4.84. The third kappa shape index (κ3) is 2.63. The Kier molecular flexibility index (Phi) is 3.74. The van der Waals surface area contributed by atoms with Crippen molar-refractivity contribution in [2.75, 3.05) is 13.1 Å². The van der Waals surface area contributed by atoms with Gasteiger partial charge in [0, 0.05) is 6.54 Å². The lowest BCUT2D eigenvalue weighted by molar-refractivity contribution is -0.0893. The molecule has 68 valence electrons. The molecule has 0 spiro atoms. The first-order chi connectivity index (χ1) is 4.95. The van der Waals surface area contributed by atoms with Gasteiger partial charge in [-0.1, -0.05) is 0 Å². The van der Waals surface area contributed by atoms with Crippen molar-refractivity contribution in [2.24, 2.45) is 11.5 Å². The smallest absolute Gasteiger partial charge is 0.293 e. The maximum absolute atomic E-state index is 12.3. The SMILES string of the molecule is NCC(F)C(F)C(F)(F)CN. The maximum Gasteiger partial charge on any atom is 0.293 e. The zero-order valence-electron chi connectivity index (χ0n) is 5.74. The van der Waals surface area contributed by atoms with Crippen molar-refractivity contribution in [1.29, 1.82) is 0 Å². The summed E-state index contributed by atoms with van der Waals surface area (Å²) < 4.78 is 48.8. The highest BCUT2D eigenvalue weighted by Crippen LogP contribution is 2.23. The van der Waals surface area contributed by atoms with Crippen molar-refractivity contribution < 1.29 is 17.6 Å². The van der Waals surface area contributed by atoms with Gasteiger partial charge in [-0.25, -0.2) is 17.6 Å². The third-order valence-electron chi connectivity index (χ3n) is 1.22. The van der Waals surface area contributed by atoms with E-state index in [0.29, 0.717) is 0 Å². The van der Waals surface area contributed by atoms with E-state index in [9.17, 15) is 17.6 Å². The summed E-state index contributed by atoms with van der Waals surface area (Å²) >= 11 is 0. The van der Waals surface area contributed by atoms with Crippen LogP contribution in [-0.2, 0) is 0 Å². The first-order valence-electron chi connectivity index (χ1n) is 3.01. The van der Waals surface area contributed by atoms with E-state index in [1.165, 1.54) is 0 Å². The van der Waals surface area contributed by atoms with E-state index in [1.807, 2.05) is 0 Å². The average Bonchev–Trinajstić information content (AvgIpc) is 2.01. The Balaban J connectivity index is 4.10. The van der Waals surface area contributed by atoms with Gasteiger partial charge < -0.3 is 11.5 Å². The molecule has 0 aromatic rings. The van der Waals surface area contributed by atoms with Gasteiger partial charge in [-0.3, -0.25) is 0 Å². The fraction of sp³-hybridized carbons (Fsp3) is 1.00. The van der Waals surface area contributed by atoms with Crippen LogP contribution < -0.4 is 11.5 Å². The van der Waals surface area contributed by atoms with Gasteiger partial charge in [0.1, 0.15) is 6.17 Å². The first-order valence-corrected chi connectivity index (χ1v) is 3.01. The van der Waals surface area contributed by atoms with E-state index in [1.54, 1.807) is 0 Å². The molecule has 0 aliphatic rings. The van der Waals surface area contributed by atoms with Gasteiger partial charge in [0.25, 0.3) is 5.92 Å². The van der Waals surface area contributed by atoms with Gasteiger partial charge in [0.2, 0.25) is 0 Å². The molecule has 2 atom stereocenters. The van der Waals surface area contributed by atoms with Gasteiger partial charge in [0.15, 0.2) is 6.17 Å². The Hall–Kier alpha value is -0.360. The van der Waals surface area contributed by atoms with Crippen molar-refractivity contribution in [3.05, 3.63) is 0 Å². The average molecular weight is 174 g/mol. The van der Waals surface area contributed by atoms with Crippen LogP contribution in [0.4, 0.5) is 17.6 Å². The summed E-state index contributed by atoms with van der Waals surface area (Å²) in [6.07, 6.45) is -5.26. The summed E-state index contributed by atoms with van der Waals surface area (Å²) in [4.78, 5) is 0. The van der Waals surface area contributed by atoms with E-state index < -0.39 is 31.4 Å². The molecular weight excluding hydrogens is 164 g/mol. The van der Waals surface area contributed by atoms with Crippen molar-refractivity contribution in [3.63, 3.8) is 0 Å². The zero-order chi connectivity index (χ0) is 9.07. The molecule has 0 aromatic heterocycles. The Morgan fingerprint density at radius 2 is 1.64 bits per heavy atom. The van der Waals surface area contributed by atoms with Gasteiger partial charge in [0.05, 0.1) is 6.54 Å². The van der Waals surface area contributed by atoms with Crippen LogP contribution in [0.25, 0.3) is 0 Å². The minimum absolute atomic E-state index is 0.767. The molecule has 0 saturated heterocycles. The zero-order valence-corrected chi connectivity index (χ0v) is 5.74. The lowest BCUT2D eigenvalue weighted by Gasteiger charge is -2.20. The summed E-state index contributed by atoms with van der Waals surface area (Å²) in [6, 6.07) is 0. The van der Waals surface area contributed by atoms with Gasteiger partial charge >= 0.3 is 0 Å². The van der Waals surface area contributed by atoms with Crippen LogP contribution in [0.3, 0.4) is 0 Å². The van der Waals surface area contributed by atoms with Gasteiger partial charge in [-0.2, -0.15) is 0 Å². The molecule has 2 nitrogen and oxygen atoms in total. The van der Waals surface area contributed by atoms with E-state index in [4.69, 9.17) is 0 Å². The molecular formula is C5H10F4N2. The van der Waals surface area contributed by atoms with Crippen molar-refractivity contribution in [2.45, 2.75) is 18.3 Å². The molecule has 0 aliphatic carbocycles. The minimum Gasteiger partial charge on any atom is -0.328 e. The largest absolute Gasteiger partial charge is 0.328 e. The Labute approximate surface area is 61.5 Å². The number of rotatable bonds is 4. The fourth-order valence-electron chi connectivity index (χ4n) is 0.497. The Bertz CT molecular complexity index is 119. The fourth-order valence-corrected chi connectivity index (χ4v) is 0.497. The van der Waals surface area contributed by atoms with Crippen molar-refractivity contribution in [1.82, 2.24) is 0 Å². The second-order valence-electron chi connectivity index (χ2n) is 2.12. The lowest BCUT2D eigenvalue weighted by Crippen LogP contribution is -2.45. The second kappa shape index (κ2) is 3.87. The first kappa shape index (κ1) is 10.6. The Morgan fingerprint density at radius 1 is 1.18 bits per heavy atom. The highest BCUT2D eigenvalue weighted by atomic mass is 19.3. The molecule has 0 rings (SSSR count). The molecule has 0 heterocycles. The van der Waals surface area contributed by atoms with Crippen LogP contribution >= 0.6 is 0 Å². The molecule has 0 aliphatic heterocycles. The normalized spacial score (nSPS) is 18.0. The van der Waals surface area contributed by atoms with Crippen LogP contribution in [-0.4, -0.2) is 31.4 Å². The standard InChI is InChI=1S/C5H10F4N2/c6-3(1-10)4(7)5(8,9)2-11/h3-4H,1-2,10-11H2. The number of alkyl halides is 4. The van der Waals surface area contributed by atoms with E-state index in [0.717, 1.165) is 0 Å². The monoisotopic (exact) mass is 174 g/mol. The molecule has 0 aromatic carbocycles. The Morgan fingerprint density at radius 3 is 1.91 bits per heavy atom. The van der Waals surface area contributed by atoms with Crippen LogP contribution in [0, 0.1) is 0 Å². The number of nitrogens with two attached hydrogens (primary N) is 2. The quantitative estimate of drug-likeness (QED) is 0.599. The van der Waals surface area contributed by atoms with Gasteiger partial charge in [-0.05, 0) is 0 Å². The van der Waals surface area contributed by atoms with E-state index in [2.05, 4.69) is 11.5 Å². The molecule has 0 radical (unpaired) electrons. The summed E-state index contributed by atoms with van der Waals surface area (Å²) in [7, 11) is 0. The number of hydrogen-bond acceptors (Lipinski definition) is 2. The predicted molar refractivity (Wildman–Crippen MR) is 32.8 cm³/mol. The molecule has 11 heavy (non-hydrogen) atoms. The number of hydrogen-bond donors (Lipinski definition) is 2. The highest BCUT2D eigenvalue weighted by Gasteiger charge is 2.43. The number of halogens is 4. The predicted octanol–water partition coefficient (Wildman–Crippen LogP) is 0.215. The molecule has 4 N–H and O–H groups in total.